The summed E-state index contributed by atoms with van der Waals surface area (Å²) in [5, 5.41) is 0.800. The zero-order valence-corrected chi connectivity index (χ0v) is 18.0. The van der Waals surface area contributed by atoms with Crippen molar-refractivity contribution in [3.63, 3.8) is 0 Å². The maximum Gasteiger partial charge on any atom is 0.327 e. The number of anilines is 1. The van der Waals surface area contributed by atoms with Crippen LogP contribution in [0.2, 0.25) is 15.1 Å². The Morgan fingerprint density at radius 3 is 2.22 bits per heavy atom. The molecule has 0 spiro atoms. The number of benzene rings is 2. The topological polar surface area (TPSA) is 63.7 Å². The molecule has 0 aromatic heterocycles. The van der Waals surface area contributed by atoms with Crippen LogP contribution in [-0.4, -0.2) is 27.0 Å². The summed E-state index contributed by atoms with van der Waals surface area (Å²) in [6.45, 7) is 4.61. The minimum Gasteiger partial charge on any atom is -0.462 e. The third-order valence-corrected chi connectivity index (χ3v) is 6.48. The summed E-state index contributed by atoms with van der Waals surface area (Å²) in [5.41, 5.74) is 0.949. The van der Waals surface area contributed by atoms with Gasteiger partial charge in [-0.05, 0) is 62.7 Å². The monoisotopic (exact) mass is 449 g/mol. The van der Waals surface area contributed by atoms with Gasteiger partial charge in [-0.25, -0.2) is 8.42 Å². The van der Waals surface area contributed by atoms with Gasteiger partial charge in [-0.3, -0.25) is 9.10 Å². The Bertz CT molecular complexity index is 961. The highest BCUT2D eigenvalue weighted by Gasteiger charge is 2.29. The Hall–Kier alpha value is -1.47. The van der Waals surface area contributed by atoms with Crippen LogP contribution in [0.3, 0.4) is 0 Å². The molecule has 0 N–H and O–H groups in total. The van der Waals surface area contributed by atoms with Crippen molar-refractivity contribution in [2.75, 3.05) is 10.8 Å². The number of aryl methyl sites for hydroxylation is 1. The second-order valence-corrected chi connectivity index (χ2v) is 9.14. The van der Waals surface area contributed by atoms with Crippen molar-refractivity contribution >= 4 is 56.5 Å². The van der Waals surface area contributed by atoms with Crippen LogP contribution >= 0.6 is 34.8 Å². The van der Waals surface area contributed by atoms with Crippen LogP contribution in [0.25, 0.3) is 0 Å². The van der Waals surface area contributed by atoms with Gasteiger partial charge in [-0.2, -0.15) is 0 Å². The van der Waals surface area contributed by atoms with E-state index in [1.165, 1.54) is 24.3 Å². The third kappa shape index (κ3) is 5.29. The van der Waals surface area contributed by atoms with Crippen molar-refractivity contribution in [1.29, 1.82) is 0 Å². The second-order valence-electron chi connectivity index (χ2n) is 6.06. The van der Waals surface area contributed by atoms with E-state index in [4.69, 9.17) is 39.5 Å². The highest BCUT2D eigenvalue weighted by atomic mass is 35.5. The molecule has 0 aliphatic heterocycles. The van der Waals surface area contributed by atoms with Gasteiger partial charge in [-0.15, -0.1) is 0 Å². The molecule has 0 aliphatic carbocycles. The molecule has 2 aromatic carbocycles. The van der Waals surface area contributed by atoms with Crippen molar-refractivity contribution in [2.45, 2.75) is 31.8 Å². The Labute approximate surface area is 173 Å². The highest BCUT2D eigenvalue weighted by molar-refractivity contribution is 7.92. The molecule has 146 valence electrons. The Morgan fingerprint density at radius 2 is 1.67 bits per heavy atom. The SMILES string of the molecule is Cc1cc(N(CC(=O)OC(C)C)S(=O)(=O)c2ccc(Cl)c(Cl)c2)ccc1Cl. The lowest BCUT2D eigenvalue weighted by molar-refractivity contribution is -0.145. The normalized spacial score (nSPS) is 11.5. The van der Waals surface area contributed by atoms with Gasteiger partial charge in [0, 0.05) is 5.02 Å². The Morgan fingerprint density at radius 1 is 1.04 bits per heavy atom. The predicted octanol–water partition coefficient (Wildman–Crippen LogP) is 5.10. The number of halogens is 3. The van der Waals surface area contributed by atoms with Gasteiger partial charge in [0.25, 0.3) is 10.0 Å². The van der Waals surface area contributed by atoms with Crippen LogP contribution in [0.1, 0.15) is 19.4 Å². The molecule has 9 heteroatoms. The Kier molecular flexibility index (Phi) is 7.03. The van der Waals surface area contributed by atoms with Crippen molar-refractivity contribution < 1.29 is 17.9 Å². The molecular weight excluding hydrogens is 433 g/mol. The van der Waals surface area contributed by atoms with E-state index in [2.05, 4.69) is 0 Å². The first-order valence-corrected chi connectivity index (χ1v) is 10.5. The third-order valence-electron chi connectivity index (χ3n) is 3.55. The first-order valence-electron chi connectivity index (χ1n) is 7.96. The van der Waals surface area contributed by atoms with Crippen molar-refractivity contribution in [3.05, 3.63) is 57.0 Å². The fourth-order valence-electron chi connectivity index (χ4n) is 2.28. The van der Waals surface area contributed by atoms with E-state index in [0.29, 0.717) is 10.6 Å². The quantitative estimate of drug-likeness (QED) is 0.574. The molecule has 0 bridgehead atoms. The van der Waals surface area contributed by atoms with E-state index in [1.807, 2.05) is 0 Å². The van der Waals surface area contributed by atoms with E-state index >= 15 is 0 Å². The van der Waals surface area contributed by atoms with E-state index in [0.717, 1.165) is 4.31 Å². The van der Waals surface area contributed by atoms with Crippen LogP contribution in [0, 0.1) is 6.92 Å². The van der Waals surface area contributed by atoms with Crippen LogP contribution in [0.5, 0.6) is 0 Å². The molecule has 0 heterocycles. The molecule has 0 fully saturated rings. The standard InChI is InChI=1S/C18H18Cl3NO4S/c1-11(2)26-18(23)10-22(13-4-6-15(19)12(3)8-13)27(24,25)14-5-7-16(20)17(21)9-14/h4-9,11H,10H2,1-3H3. The van der Waals surface area contributed by atoms with Crippen LogP contribution in [0.15, 0.2) is 41.3 Å². The fraction of sp³-hybridized carbons (Fsp3) is 0.278. The predicted molar refractivity (Wildman–Crippen MR) is 108 cm³/mol. The van der Waals surface area contributed by atoms with E-state index < -0.39 is 22.5 Å². The number of carbonyl (C=O) groups excluding carboxylic acids is 1. The maximum absolute atomic E-state index is 13.2. The summed E-state index contributed by atoms with van der Waals surface area (Å²) < 4.78 is 32.5. The maximum atomic E-state index is 13.2. The van der Waals surface area contributed by atoms with Crippen LogP contribution in [0.4, 0.5) is 5.69 Å². The summed E-state index contributed by atoms with van der Waals surface area (Å²) >= 11 is 17.9. The molecule has 0 radical (unpaired) electrons. The largest absolute Gasteiger partial charge is 0.462 e. The van der Waals surface area contributed by atoms with Gasteiger partial charge in [0.2, 0.25) is 0 Å². The second kappa shape index (κ2) is 8.69. The number of carbonyl (C=O) groups is 1. The zero-order valence-electron chi connectivity index (χ0n) is 14.9. The Balaban J connectivity index is 2.54. The minimum atomic E-state index is -4.11. The van der Waals surface area contributed by atoms with Gasteiger partial charge in [-0.1, -0.05) is 34.8 Å². The molecule has 0 atom stereocenters. The molecule has 2 aromatic rings. The van der Waals surface area contributed by atoms with Crippen molar-refractivity contribution in [1.82, 2.24) is 0 Å². The molecule has 0 saturated heterocycles. The number of nitrogens with zero attached hydrogens (tertiary/aromatic N) is 1. The van der Waals surface area contributed by atoms with Gasteiger partial charge >= 0.3 is 5.97 Å². The summed E-state index contributed by atoms with van der Waals surface area (Å²) in [6, 6.07) is 8.62. The molecule has 0 saturated carbocycles. The first kappa shape index (κ1) is 21.8. The van der Waals surface area contributed by atoms with Crippen LogP contribution in [-0.2, 0) is 19.6 Å². The average molecular weight is 451 g/mol. The number of esters is 1. The van der Waals surface area contributed by atoms with E-state index in [-0.39, 0.29) is 26.7 Å². The first-order chi connectivity index (χ1) is 12.5. The summed E-state index contributed by atoms with van der Waals surface area (Å²) in [4.78, 5) is 12.1. The molecule has 5 nitrogen and oxygen atoms in total. The summed E-state index contributed by atoms with van der Waals surface area (Å²) in [6.07, 6.45) is -0.376. The number of rotatable bonds is 6. The average Bonchev–Trinajstić information content (AvgIpc) is 2.57. The van der Waals surface area contributed by atoms with Crippen molar-refractivity contribution in [2.24, 2.45) is 0 Å². The van der Waals surface area contributed by atoms with Gasteiger partial charge in [0.05, 0.1) is 26.7 Å². The smallest absolute Gasteiger partial charge is 0.327 e. The lowest BCUT2D eigenvalue weighted by Crippen LogP contribution is -2.37. The summed E-state index contributed by atoms with van der Waals surface area (Å²) in [5.74, 6) is -0.679. The minimum absolute atomic E-state index is 0.0923. The molecule has 0 unspecified atom stereocenters. The molecule has 0 aliphatic rings. The van der Waals surface area contributed by atoms with Gasteiger partial charge in [0.1, 0.15) is 6.54 Å². The molecule has 2 rings (SSSR count). The fourth-order valence-corrected chi connectivity index (χ4v) is 4.19. The van der Waals surface area contributed by atoms with E-state index in [9.17, 15) is 13.2 Å². The molecule has 27 heavy (non-hydrogen) atoms. The van der Waals surface area contributed by atoms with E-state index in [1.54, 1.807) is 32.9 Å². The zero-order chi connectivity index (χ0) is 20.4. The van der Waals surface area contributed by atoms with Gasteiger partial charge in [0.15, 0.2) is 0 Å². The highest BCUT2D eigenvalue weighted by Crippen LogP contribution is 2.30. The van der Waals surface area contributed by atoms with Crippen LogP contribution < -0.4 is 4.31 Å². The lowest BCUT2D eigenvalue weighted by atomic mass is 10.2. The van der Waals surface area contributed by atoms with Crippen molar-refractivity contribution in [3.8, 4) is 0 Å². The number of hydrogen-bond acceptors (Lipinski definition) is 4. The molecule has 0 amide bonds. The number of ether oxygens (including phenoxy) is 1. The molecular formula is C18H18Cl3NO4S. The summed E-state index contributed by atoms with van der Waals surface area (Å²) in [7, 11) is -4.11. The van der Waals surface area contributed by atoms with Gasteiger partial charge < -0.3 is 4.74 Å². The number of hydrogen-bond donors (Lipinski definition) is 0. The number of sulfonamides is 1. The lowest BCUT2D eigenvalue weighted by Gasteiger charge is -2.25.